The molecule has 3 nitrogen and oxygen atoms in total. The average molecular weight is 363 g/mol. The summed E-state index contributed by atoms with van der Waals surface area (Å²) in [6, 6.07) is 11.0. The second-order valence-electron chi connectivity index (χ2n) is 6.12. The van der Waals surface area contributed by atoms with Gasteiger partial charge in [0, 0.05) is 13.1 Å². The molecule has 0 aliphatic carbocycles. The van der Waals surface area contributed by atoms with Gasteiger partial charge in [0.25, 0.3) is 5.91 Å². The van der Waals surface area contributed by atoms with Gasteiger partial charge in [-0.3, -0.25) is 4.79 Å². The molecule has 5 heteroatoms. The van der Waals surface area contributed by atoms with Gasteiger partial charge in [-0.05, 0) is 56.0 Å². The molecule has 1 amide bonds. The molecule has 0 spiro atoms. The van der Waals surface area contributed by atoms with Crippen LogP contribution in [-0.4, -0.2) is 19.0 Å². The number of amides is 1. The summed E-state index contributed by atoms with van der Waals surface area (Å²) >= 11 is 12.6. The lowest BCUT2D eigenvalue weighted by Gasteiger charge is -2.31. The summed E-state index contributed by atoms with van der Waals surface area (Å²) in [4.78, 5) is 14.9. The van der Waals surface area contributed by atoms with E-state index in [1.54, 1.807) is 12.1 Å². The molecule has 0 bridgehead atoms. The van der Waals surface area contributed by atoms with Crippen LogP contribution in [0.1, 0.15) is 35.2 Å². The second kappa shape index (κ2) is 7.45. The first kappa shape index (κ1) is 17.1. The number of carbonyl (C=O) groups is 1. The number of rotatable bonds is 3. The molecule has 126 valence electrons. The fourth-order valence-corrected chi connectivity index (χ4v) is 3.66. The van der Waals surface area contributed by atoms with Gasteiger partial charge in [0.05, 0.1) is 27.0 Å². The zero-order valence-corrected chi connectivity index (χ0v) is 15.1. The van der Waals surface area contributed by atoms with Gasteiger partial charge in [0.1, 0.15) is 0 Å². The van der Waals surface area contributed by atoms with Crippen LogP contribution in [0, 0.1) is 6.92 Å². The number of aryl methyl sites for hydroxylation is 1. The SMILES string of the molecule is Cc1ccc(C(=O)Nc2cccc(Cl)c2N2CCCCC2)c(Cl)c1. The van der Waals surface area contributed by atoms with E-state index in [2.05, 4.69) is 10.2 Å². The van der Waals surface area contributed by atoms with Gasteiger partial charge in [-0.1, -0.05) is 35.3 Å². The molecule has 1 fully saturated rings. The molecule has 0 radical (unpaired) electrons. The topological polar surface area (TPSA) is 32.3 Å². The fraction of sp³-hybridized carbons (Fsp3) is 0.316. The van der Waals surface area contributed by atoms with E-state index < -0.39 is 0 Å². The Labute approximate surface area is 152 Å². The first-order valence-corrected chi connectivity index (χ1v) is 8.93. The molecule has 0 unspecified atom stereocenters. The lowest BCUT2D eigenvalue weighted by atomic mass is 10.1. The number of piperidine rings is 1. The summed E-state index contributed by atoms with van der Waals surface area (Å²) < 4.78 is 0. The van der Waals surface area contributed by atoms with Crippen LogP contribution in [0.25, 0.3) is 0 Å². The quantitative estimate of drug-likeness (QED) is 0.776. The Balaban J connectivity index is 1.89. The Kier molecular flexibility index (Phi) is 5.32. The summed E-state index contributed by atoms with van der Waals surface area (Å²) in [6.45, 7) is 3.86. The Morgan fingerprint density at radius 3 is 2.50 bits per heavy atom. The van der Waals surface area contributed by atoms with Gasteiger partial charge in [-0.25, -0.2) is 0 Å². The summed E-state index contributed by atoms with van der Waals surface area (Å²) in [5.74, 6) is -0.222. The van der Waals surface area contributed by atoms with Crippen molar-refractivity contribution < 1.29 is 4.79 Å². The maximum absolute atomic E-state index is 12.6. The summed E-state index contributed by atoms with van der Waals surface area (Å²) in [5, 5.41) is 4.09. The number of halogens is 2. The maximum atomic E-state index is 12.6. The van der Waals surface area contributed by atoms with E-state index in [4.69, 9.17) is 23.2 Å². The minimum atomic E-state index is -0.222. The Bertz CT molecular complexity index is 755. The first-order chi connectivity index (χ1) is 11.6. The van der Waals surface area contributed by atoms with Crippen LogP contribution in [0.5, 0.6) is 0 Å². The molecule has 0 saturated carbocycles. The number of nitrogens with one attached hydrogen (secondary N) is 1. The van der Waals surface area contributed by atoms with Crippen molar-refractivity contribution in [2.75, 3.05) is 23.3 Å². The molecule has 2 aromatic rings. The number of nitrogens with zero attached hydrogens (tertiary/aromatic N) is 1. The lowest BCUT2D eigenvalue weighted by Crippen LogP contribution is -2.30. The van der Waals surface area contributed by atoms with E-state index >= 15 is 0 Å². The molecule has 1 heterocycles. The van der Waals surface area contributed by atoms with Crippen molar-refractivity contribution in [2.45, 2.75) is 26.2 Å². The third-order valence-corrected chi connectivity index (χ3v) is 4.89. The van der Waals surface area contributed by atoms with Gasteiger partial charge < -0.3 is 10.2 Å². The van der Waals surface area contributed by atoms with Crippen LogP contribution in [-0.2, 0) is 0 Å². The monoisotopic (exact) mass is 362 g/mol. The standard InChI is InChI=1S/C19H20Cl2N2O/c1-13-8-9-14(16(21)12-13)19(24)22-17-7-5-6-15(20)18(17)23-10-3-2-4-11-23/h5-9,12H,2-4,10-11H2,1H3,(H,22,24). The first-order valence-electron chi connectivity index (χ1n) is 8.17. The molecule has 1 N–H and O–H groups in total. The molecular formula is C19H20Cl2N2O. The molecule has 1 aliphatic rings. The van der Waals surface area contributed by atoms with E-state index in [9.17, 15) is 4.79 Å². The number of carbonyl (C=O) groups excluding carboxylic acids is 1. The highest BCUT2D eigenvalue weighted by atomic mass is 35.5. The summed E-state index contributed by atoms with van der Waals surface area (Å²) in [5.41, 5.74) is 3.11. The van der Waals surface area contributed by atoms with Crippen molar-refractivity contribution in [3.8, 4) is 0 Å². The Morgan fingerprint density at radius 1 is 1.04 bits per heavy atom. The Hall–Kier alpha value is -1.71. The molecule has 0 atom stereocenters. The third-order valence-electron chi connectivity index (χ3n) is 4.28. The number of hydrogen-bond donors (Lipinski definition) is 1. The number of anilines is 2. The molecule has 1 aliphatic heterocycles. The smallest absolute Gasteiger partial charge is 0.257 e. The van der Waals surface area contributed by atoms with Crippen LogP contribution < -0.4 is 10.2 Å². The highest BCUT2D eigenvalue weighted by Crippen LogP contribution is 2.36. The van der Waals surface area contributed by atoms with Crippen LogP contribution in [0.3, 0.4) is 0 Å². The molecule has 0 aromatic heterocycles. The lowest BCUT2D eigenvalue weighted by molar-refractivity contribution is 0.102. The summed E-state index contributed by atoms with van der Waals surface area (Å²) in [6.07, 6.45) is 3.52. The fourth-order valence-electron chi connectivity index (χ4n) is 3.05. The minimum absolute atomic E-state index is 0.222. The number of hydrogen-bond acceptors (Lipinski definition) is 2. The van der Waals surface area contributed by atoms with Gasteiger partial charge >= 0.3 is 0 Å². The van der Waals surface area contributed by atoms with Crippen molar-refractivity contribution in [1.29, 1.82) is 0 Å². The van der Waals surface area contributed by atoms with Gasteiger partial charge in [0.2, 0.25) is 0 Å². The van der Waals surface area contributed by atoms with Crippen molar-refractivity contribution in [3.63, 3.8) is 0 Å². The van der Waals surface area contributed by atoms with E-state index in [-0.39, 0.29) is 5.91 Å². The zero-order valence-electron chi connectivity index (χ0n) is 13.6. The summed E-state index contributed by atoms with van der Waals surface area (Å²) in [7, 11) is 0. The van der Waals surface area contributed by atoms with E-state index in [0.717, 1.165) is 42.9 Å². The zero-order chi connectivity index (χ0) is 17.1. The molecular weight excluding hydrogens is 343 g/mol. The van der Waals surface area contributed by atoms with Gasteiger partial charge in [-0.2, -0.15) is 0 Å². The largest absolute Gasteiger partial charge is 0.369 e. The number of benzene rings is 2. The van der Waals surface area contributed by atoms with Crippen LogP contribution >= 0.6 is 23.2 Å². The predicted molar refractivity (Wildman–Crippen MR) is 102 cm³/mol. The number of para-hydroxylation sites is 1. The van der Waals surface area contributed by atoms with E-state index in [1.807, 2.05) is 31.2 Å². The van der Waals surface area contributed by atoms with Gasteiger partial charge in [-0.15, -0.1) is 0 Å². The van der Waals surface area contributed by atoms with E-state index in [0.29, 0.717) is 15.6 Å². The average Bonchev–Trinajstić information content (AvgIpc) is 2.55. The molecule has 24 heavy (non-hydrogen) atoms. The Morgan fingerprint density at radius 2 is 1.79 bits per heavy atom. The van der Waals surface area contributed by atoms with Crippen LogP contribution in [0.2, 0.25) is 10.0 Å². The van der Waals surface area contributed by atoms with Crippen LogP contribution in [0.15, 0.2) is 36.4 Å². The van der Waals surface area contributed by atoms with Crippen molar-refractivity contribution in [3.05, 3.63) is 57.6 Å². The van der Waals surface area contributed by atoms with Crippen molar-refractivity contribution in [1.82, 2.24) is 0 Å². The predicted octanol–water partition coefficient (Wildman–Crippen LogP) is 5.54. The second-order valence-corrected chi connectivity index (χ2v) is 6.94. The third kappa shape index (κ3) is 3.68. The maximum Gasteiger partial charge on any atom is 0.257 e. The van der Waals surface area contributed by atoms with Crippen molar-refractivity contribution >= 4 is 40.5 Å². The molecule has 3 rings (SSSR count). The van der Waals surface area contributed by atoms with E-state index in [1.165, 1.54) is 6.42 Å². The van der Waals surface area contributed by atoms with Crippen LogP contribution in [0.4, 0.5) is 11.4 Å². The molecule has 1 saturated heterocycles. The highest BCUT2D eigenvalue weighted by Gasteiger charge is 2.19. The molecule has 2 aromatic carbocycles. The van der Waals surface area contributed by atoms with Crippen molar-refractivity contribution in [2.24, 2.45) is 0 Å². The minimum Gasteiger partial charge on any atom is -0.369 e. The highest BCUT2D eigenvalue weighted by molar-refractivity contribution is 6.35. The van der Waals surface area contributed by atoms with Gasteiger partial charge in [0.15, 0.2) is 0 Å². The normalized spacial score (nSPS) is 14.5.